The van der Waals surface area contributed by atoms with E-state index in [0.29, 0.717) is 0 Å². The Morgan fingerprint density at radius 3 is 0.982 bits per heavy atom. The topological polar surface area (TPSA) is 14.8 Å². The van der Waals surface area contributed by atoms with Gasteiger partial charge in [-0.1, -0.05) is 115 Å². The van der Waals surface area contributed by atoms with E-state index in [4.69, 9.17) is 13.7 Å². The van der Waals surface area contributed by atoms with Crippen molar-refractivity contribution in [1.82, 2.24) is 13.7 Å². The molecular formula is C54H35N3. The van der Waals surface area contributed by atoms with Gasteiger partial charge in [0.25, 0.3) is 0 Å². The third kappa shape index (κ3) is 4.86. The maximum Gasteiger partial charge on any atom is 0.0645 e. The van der Waals surface area contributed by atoms with Crippen LogP contribution in [0.3, 0.4) is 0 Å². The lowest BCUT2D eigenvalue weighted by Gasteiger charge is -2.09. The predicted octanol–water partition coefficient (Wildman–Crippen LogP) is 14.3. The second-order valence-corrected chi connectivity index (χ2v) is 14.3. The van der Waals surface area contributed by atoms with Gasteiger partial charge in [0.05, 0.1) is 46.8 Å². The van der Waals surface area contributed by atoms with Crippen molar-refractivity contribution in [1.29, 1.82) is 0 Å². The molecule has 12 aromatic rings. The third-order valence-electron chi connectivity index (χ3n) is 11.2. The highest BCUT2D eigenvalue weighted by Gasteiger charge is 2.18. The Balaban J connectivity index is 1.05. The molecule has 3 heteroatoms. The van der Waals surface area contributed by atoms with Gasteiger partial charge in [-0.3, -0.25) is 0 Å². The first-order valence-electron chi connectivity index (χ1n) is 23.8. The predicted molar refractivity (Wildman–Crippen MR) is 240 cm³/mol. The van der Waals surface area contributed by atoms with E-state index in [1.165, 1.54) is 0 Å². The van der Waals surface area contributed by atoms with Crippen LogP contribution < -0.4 is 0 Å². The van der Waals surface area contributed by atoms with E-state index in [0.717, 1.165) is 93.4 Å². The Morgan fingerprint density at radius 1 is 0.263 bits per heavy atom. The van der Waals surface area contributed by atoms with Crippen LogP contribution >= 0.6 is 0 Å². The Hall–Kier alpha value is -7.62. The van der Waals surface area contributed by atoms with Crippen molar-refractivity contribution in [2.24, 2.45) is 0 Å². The molecule has 3 nitrogen and oxygen atoms in total. The van der Waals surface area contributed by atoms with Crippen LogP contribution in [0.4, 0.5) is 0 Å². The molecule has 0 amide bonds. The highest BCUT2D eigenvalue weighted by atomic mass is 15.0. The van der Waals surface area contributed by atoms with E-state index in [1.54, 1.807) is 9.13 Å². The summed E-state index contributed by atoms with van der Waals surface area (Å²) in [6.45, 7) is 0. The fourth-order valence-corrected chi connectivity index (χ4v) is 8.73. The van der Waals surface area contributed by atoms with Crippen molar-refractivity contribution >= 4 is 65.4 Å². The molecule has 57 heavy (non-hydrogen) atoms. The summed E-state index contributed by atoms with van der Waals surface area (Å²) < 4.78 is 91.2. The molecule has 3 heterocycles. The van der Waals surface area contributed by atoms with Crippen molar-refractivity contribution in [3.63, 3.8) is 0 Å². The molecule has 12 rings (SSSR count). The number of para-hydroxylation sites is 5. The minimum atomic E-state index is -0.433. The number of hydrogen-bond donors (Lipinski definition) is 0. The standard InChI is InChI=1S/C54H35N3/c1-4-14-40(15-5-1)55-49-22-12-10-20-43(49)45-32-36(24-28-51(45)55)38-26-30-53-47(34-38)48-35-39(27-31-54(48)57(53)42-18-8-3-9-19-42)37-25-29-52-46(33-37)44-21-11-13-23-50(44)56(52)41-16-6-2-7-17-41/h1-35H/i1D,2D,4D,5D,6D,7D,14D,15D,16D,17D. The second-order valence-electron chi connectivity index (χ2n) is 14.3. The summed E-state index contributed by atoms with van der Waals surface area (Å²) in [7, 11) is 0. The largest absolute Gasteiger partial charge is 0.309 e. The summed E-state index contributed by atoms with van der Waals surface area (Å²) in [5.74, 6) is 0. The summed E-state index contributed by atoms with van der Waals surface area (Å²) >= 11 is 0. The Bertz CT molecular complexity index is 3810. The number of hydrogen-bond acceptors (Lipinski definition) is 0. The van der Waals surface area contributed by atoms with Crippen LogP contribution in [0, 0.1) is 0 Å². The maximum absolute atomic E-state index is 8.82. The summed E-state index contributed by atoms with van der Waals surface area (Å²) in [5, 5.41) is 5.64. The fraction of sp³-hybridized carbons (Fsp3) is 0. The van der Waals surface area contributed by atoms with Crippen molar-refractivity contribution in [2.45, 2.75) is 0 Å². The monoisotopic (exact) mass is 735 g/mol. The van der Waals surface area contributed by atoms with Gasteiger partial charge in [-0.15, -0.1) is 0 Å². The molecule has 0 N–H and O–H groups in total. The number of aromatic nitrogens is 3. The maximum atomic E-state index is 8.82. The lowest BCUT2D eigenvalue weighted by atomic mass is 9.98. The smallest absolute Gasteiger partial charge is 0.0645 e. The van der Waals surface area contributed by atoms with E-state index in [-0.39, 0.29) is 59.7 Å². The van der Waals surface area contributed by atoms with Gasteiger partial charge >= 0.3 is 0 Å². The quantitative estimate of drug-likeness (QED) is 0.167. The fourth-order valence-electron chi connectivity index (χ4n) is 8.73. The van der Waals surface area contributed by atoms with E-state index >= 15 is 0 Å². The van der Waals surface area contributed by atoms with Crippen molar-refractivity contribution in [3.05, 3.63) is 212 Å². The summed E-state index contributed by atoms with van der Waals surface area (Å²) in [6.07, 6.45) is 0. The minimum Gasteiger partial charge on any atom is -0.309 e. The van der Waals surface area contributed by atoms with Gasteiger partial charge in [-0.05, 0) is 119 Å². The highest BCUT2D eigenvalue weighted by molar-refractivity contribution is 6.14. The molecule has 0 aliphatic heterocycles. The Labute approximate surface area is 343 Å². The normalized spacial score (nSPS) is 14.3. The zero-order valence-electron chi connectivity index (χ0n) is 40.3. The van der Waals surface area contributed by atoms with Crippen LogP contribution in [0.1, 0.15) is 13.7 Å². The molecule has 0 fully saturated rings. The zero-order chi connectivity index (χ0) is 46.2. The van der Waals surface area contributed by atoms with Crippen LogP contribution in [0.15, 0.2) is 212 Å². The molecule has 9 aromatic carbocycles. The van der Waals surface area contributed by atoms with Crippen molar-refractivity contribution in [2.75, 3.05) is 0 Å². The molecule has 0 bridgehead atoms. The van der Waals surface area contributed by atoms with Gasteiger partial charge in [0.1, 0.15) is 0 Å². The molecule has 0 aliphatic rings. The van der Waals surface area contributed by atoms with Crippen LogP contribution in [0.25, 0.3) is 105 Å². The van der Waals surface area contributed by atoms with E-state index in [1.807, 2.05) is 91.0 Å². The molecule has 0 saturated carbocycles. The van der Waals surface area contributed by atoms with Gasteiger partial charge in [0.2, 0.25) is 0 Å². The number of fused-ring (bicyclic) bond motifs is 9. The van der Waals surface area contributed by atoms with Gasteiger partial charge in [-0.25, -0.2) is 0 Å². The van der Waals surface area contributed by atoms with Crippen molar-refractivity contribution in [3.8, 4) is 39.3 Å². The first-order chi connectivity index (χ1) is 32.4. The molecule has 266 valence electrons. The van der Waals surface area contributed by atoms with Gasteiger partial charge in [0.15, 0.2) is 0 Å². The average Bonchev–Trinajstić information content (AvgIpc) is 3.99. The summed E-state index contributed by atoms with van der Waals surface area (Å²) in [6, 6.07) is 47.4. The number of benzene rings is 9. The number of rotatable bonds is 5. The Morgan fingerprint density at radius 2 is 0.579 bits per heavy atom. The molecular weight excluding hydrogens is 691 g/mol. The molecule has 0 aliphatic carbocycles. The first-order valence-corrected chi connectivity index (χ1v) is 18.8. The number of nitrogens with zero attached hydrogens (tertiary/aromatic N) is 3. The molecule has 0 saturated heterocycles. The van der Waals surface area contributed by atoms with Crippen LogP contribution in [-0.4, -0.2) is 13.7 Å². The Kier molecular flexibility index (Phi) is 5.10. The molecule has 0 spiro atoms. The SMILES string of the molecule is [2H]c1c([2H])c([2H])c(-n2c3ccccc3c3cc(-c4ccc5c(c4)c4cc(-c6ccc7c(c6)c6ccccc6n7-c6c([2H])c([2H])c([2H])c([2H])c6[2H])ccc4n5-c4ccccc4)ccc32)c([2H])c1[2H]. The minimum absolute atomic E-state index is 0.106. The highest BCUT2D eigenvalue weighted by Crippen LogP contribution is 2.41. The lowest BCUT2D eigenvalue weighted by molar-refractivity contribution is 1.18. The van der Waals surface area contributed by atoms with Crippen LogP contribution in [0.5, 0.6) is 0 Å². The van der Waals surface area contributed by atoms with E-state index in [9.17, 15) is 0 Å². The van der Waals surface area contributed by atoms with Crippen molar-refractivity contribution < 1.29 is 13.7 Å². The molecule has 0 radical (unpaired) electrons. The van der Waals surface area contributed by atoms with E-state index < -0.39 is 12.1 Å². The zero-order valence-corrected chi connectivity index (χ0v) is 30.3. The van der Waals surface area contributed by atoms with Gasteiger partial charge in [0, 0.05) is 49.4 Å². The van der Waals surface area contributed by atoms with E-state index in [2.05, 4.69) is 65.2 Å². The lowest BCUT2D eigenvalue weighted by Crippen LogP contribution is -1.93. The average molecular weight is 736 g/mol. The van der Waals surface area contributed by atoms with Gasteiger partial charge < -0.3 is 13.7 Å². The second kappa shape index (κ2) is 12.5. The third-order valence-corrected chi connectivity index (χ3v) is 11.2. The van der Waals surface area contributed by atoms with Gasteiger partial charge in [-0.2, -0.15) is 0 Å². The summed E-state index contributed by atoms with van der Waals surface area (Å²) in [5.41, 5.74) is 10.1. The molecule has 0 unspecified atom stereocenters. The summed E-state index contributed by atoms with van der Waals surface area (Å²) in [4.78, 5) is 0. The van der Waals surface area contributed by atoms with Crippen LogP contribution in [-0.2, 0) is 0 Å². The molecule has 0 atom stereocenters. The first kappa shape index (κ1) is 23.3. The molecule has 3 aromatic heterocycles. The van der Waals surface area contributed by atoms with Crippen LogP contribution in [0.2, 0.25) is 0 Å².